The van der Waals surface area contributed by atoms with Crippen LogP contribution >= 0.6 is 0 Å². The van der Waals surface area contributed by atoms with E-state index in [4.69, 9.17) is 4.74 Å². The lowest BCUT2D eigenvalue weighted by Gasteiger charge is -2.18. The summed E-state index contributed by atoms with van der Waals surface area (Å²) in [7, 11) is 0. The lowest BCUT2D eigenvalue weighted by atomic mass is 9.97. The molecule has 3 nitrogen and oxygen atoms in total. The van der Waals surface area contributed by atoms with Gasteiger partial charge in [0.15, 0.2) is 0 Å². The van der Waals surface area contributed by atoms with Crippen LogP contribution in [-0.4, -0.2) is 25.7 Å². The number of ether oxygens (including phenoxy) is 1. The molecule has 0 amide bonds. The van der Waals surface area contributed by atoms with Gasteiger partial charge in [-0.2, -0.15) is 0 Å². The fraction of sp³-hybridized carbons (Fsp3) is 0.700. The molecule has 0 bridgehead atoms. The lowest BCUT2D eigenvalue weighted by Crippen LogP contribution is -2.32. The van der Waals surface area contributed by atoms with Crippen molar-refractivity contribution in [1.29, 1.82) is 0 Å². The molecule has 0 aromatic carbocycles. The normalized spacial score (nSPS) is 11.0. The van der Waals surface area contributed by atoms with E-state index in [1.54, 1.807) is 6.08 Å². The topological polar surface area (TPSA) is 38.3 Å². The van der Waals surface area contributed by atoms with Crippen molar-refractivity contribution in [3.8, 4) is 0 Å². The average molecular weight is 185 g/mol. The number of carbonyl (C=O) groups excluding carboxylic acids is 1. The Balaban J connectivity index is 3.42. The Morgan fingerprint density at radius 3 is 2.62 bits per heavy atom. The molecule has 13 heavy (non-hydrogen) atoms. The molecule has 0 saturated carbocycles. The predicted octanol–water partition coefficient (Wildman–Crippen LogP) is 1.35. The van der Waals surface area contributed by atoms with E-state index in [2.05, 4.69) is 32.7 Å². The third-order valence-corrected chi connectivity index (χ3v) is 1.29. The van der Waals surface area contributed by atoms with Gasteiger partial charge in [0.2, 0.25) is 0 Å². The van der Waals surface area contributed by atoms with E-state index in [0.717, 1.165) is 6.54 Å². The second kappa shape index (κ2) is 5.75. The minimum absolute atomic E-state index is 0.193. The summed E-state index contributed by atoms with van der Waals surface area (Å²) in [6, 6.07) is 0. The molecule has 0 rings (SSSR count). The third kappa shape index (κ3) is 9.08. The molecule has 0 radical (unpaired) electrons. The van der Waals surface area contributed by atoms with E-state index in [9.17, 15) is 4.79 Å². The Bertz CT molecular complexity index is 170. The first-order valence-corrected chi connectivity index (χ1v) is 4.43. The molecule has 0 aromatic heterocycles. The quantitative estimate of drug-likeness (QED) is 0.519. The summed E-state index contributed by atoms with van der Waals surface area (Å²) < 4.78 is 4.79. The molecule has 3 heteroatoms. The summed E-state index contributed by atoms with van der Waals surface area (Å²) in [4.78, 5) is 11.0. The highest BCUT2D eigenvalue weighted by atomic mass is 16.5. The van der Waals surface area contributed by atoms with Crippen molar-refractivity contribution in [1.82, 2.24) is 5.32 Å². The minimum Gasteiger partial charge on any atom is -0.461 e. The summed E-state index contributed by atoms with van der Waals surface area (Å²) in [6.07, 6.45) is 1.56. The minimum atomic E-state index is -0.232. The molecule has 0 spiro atoms. The summed E-state index contributed by atoms with van der Waals surface area (Å²) in [5.41, 5.74) is 0.193. The largest absolute Gasteiger partial charge is 0.461 e. The number of hydrogen-bond donors (Lipinski definition) is 1. The zero-order chi connectivity index (χ0) is 10.3. The van der Waals surface area contributed by atoms with E-state index in [-0.39, 0.29) is 24.5 Å². The number of rotatable bonds is 5. The van der Waals surface area contributed by atoms with Crippen LogP contribution in [0.25, 0.3) is 0 Å². The maximum absolute atomic E-state index is 11.0. The average Bonchev–Trinajstić information content (AvgIpc) is 1.98. The molecule has 0 unspecified atom stereocenters. The third-order valence-electron chi connectivity index (χ3n) is 1.29. The van der Waals surface area contributed by atoms with Crippen LogP contribution in [0.15, 0.2) is 12.7 Å². The van der Waals surface area contributed by atoms with E-state index in [1.807, 2.05) is 0 Å². The summed E-state index contributed by atoms with van der Waals surface area (Å²) in [5.74, 6) is -0.232. The van der Waals surface area contributed by atoms with Gasteiger partial charge in [-0.05, 0) is 5.41 Å². The second-order valence-electron chi connectivity index (χ2n) is 4.14. The zero-order valence-electron chi connectivity index (χ0n) is 8.72. The van der Waals surface area contributed by atoms with Gasteiger partial charge in [-0.3, -0.25) is 4.79 Å². The lowest BCUT2D eigenvalue weighted by molar-refractivity contribution is -0.141. The zero-order valence-corrected chi connectivity index (χ0v) is 8.72. The van der Waals surface area contributed by atoms with E-state index >= 15 is 0 Å². The fourth-order valence-electron chi connectivity index (χ4n) is 0.742. The monoisotopic (exact) mass is 185 g/mol. The Morgan fingerprint density at radius 2 is 2.15 bits per heavy atom. The van der Waals surface area contributed by atoms with Crippen LogP contribution in [0, 0.1) is 5.41 Å². The number of hydrogen-bond acceptors (Lipinski definition) is 3. The standard InChI is InChI=1S/C10H19NO2/c1-5-6-13-9(12)7-11-8-10(2,3)4/h5,11H,1,6-8H2,2-4H3. The van der Waals surface area contributed by atoms with Crippen molar-refractivity contribution < 1.29 is 9.53 Å². The molecule has 0 aliphatic heterocycles. The highest BCUT2D eigenvalue weighted by Crippen LogP contribution is 2.09. The molecule has 0 aliphatic rings. The van der Waals surface area contributed by atoms with Gasteiger partial charge in [-0.15, -0.1) is 0 Å². The van der Waals surface area contributed by atoms with Crippen molar-refractivity contribution >= 4 is 5.97 Å². The Morgan fingerprint density at radius 1 is 1.54 bits per heavy atom. The molecule has 0 saturated heterocycles. The first kappa shape index (κ1) is 12.2. The molecule has 0 fully saturated rings. The smallest absolute Gasteiger partial charge is 0.320 e. The molecule has 76 valence electrons. The van der Waals surface area contributed by atoms with Crippen molar-refractivity contribution in [3.05, 3.63) is 12.7 Å². The van der Waals surface area contributed by atoms with Gasteiger partial charge < -0.3 is 10.1 Å². The highest BCUT2D eigenvalue weighted by Gasteiger charge is 2.10. The Labute approximate surface area is 80.2 Å². The van der Waals surface area contributed by atoms with Crippen molar-refractivity contribution in [2.75, 3.05) is 19.7 Å². The molecule has 1 N–H and O–H groups in total. The first-order chi connectivity index (χ1) is 5.95. The van der Waals surface area contributed by atoms with Gasteiger partial charge in [0.1, 0.15) is 6.61 Å². The molecule has 0 heterocycles. The Kier molecular flexibility index (Phi) is 5.39. The number of carbonyl (C=O) groups is 1. The molecular formula is C10H19NO2. The maximum atomic E-state index is 11.0. The molecule has 0 aromatic rings. The van der Waals surface area contributed by atoms with Gasteiger partial charge >= 0.3 is 5.97 Å². The maximum Gasteiger partial charge on any atom is 0.320 e. The highest BCUT2D eigenvalue weighted by molar-refractivity contribution is 5.71. The van der Waals surface area contributed by atoms with Gasteiger partial charge in [-0.25, -0.2) is 0 Å². The van der Waals surface area contributed by atoms with Crippen LogP contribution in [0.5, 0.6) is 0 Å². The van der Waals surface area contributed by atoms with Gasteiger partial charge in [0.05, 0.1) is 6.54 Å². The van der Waals surface area contributed by atoms with E-state index < -0.39 is 0 Å². The van der Waals surface area contributed by atoms with Crippen LogP contribution in [0.2, 0.25) is 0 Å². The Hall–Kier alpha value is -0.830. The predicted molar refractivity (Wildman–Crippen MR) is 53.5 cm³/mol. The fourth-order valence-corrected chi connectivity index (χ4v) is 0.742. The van der Waals surface area contributed by atoms with Crippen molar-refractivity contribution in [2.45, 2.75) is 20.8 Å². The number of nitrogens with one attached hydrogen (secondary N) is 1. The van der Waals surface area contributed by atoms with Gasteiger partial charge in [0, 0.05) is 6.54 Å². The van der Waals surface area contributed by atoms with Crippen LogP contribution < -0.4 is 5.32 Å². The second-order valence-corrected chi connectivity index (χ2v) is 4.14. The SMILES string of the molecule is C=CCOC(=O)CNCC(C)(C)C. The van der Waals surface area contributed by atoms with Crippen LogP contribution in [0.3, 0.4) is 0 Å². The van der Waals surface area contributed by atoms with Crippen molar-refractivity contribution in [2.24, 2.45) is 5.41 Å². The summed E-state index contributed by atoms with van der Waals surface area (Å²) >= 11 is 0. The van der Waals surface area contributed by atoms with Crippen LogP contribution in [0.4, 0.5) is 0 Å². The van der Waals surface area contributed by atoms with E-state index in [0.29, 0.717) is 0 Å². The van der Waals surface area contributed by atoms with Gasteiger partial charge in [0.25, 0.3) is 0 Å². The van der Waals surface area contributed by atoms with Crippen LogP contribution in [-0.2, 0) is 9.53 Å². The van der Waals surface area contributed by atoms with Crippen molar-refractivity contribution in [3.63, 3.8) is 0 Å². The molecule has 0 atom stereocenters. The number of esters is 1. The van der Waals surface area contributed by atoms with Gasteiger partial charge in [-0.1, -0.05) is 33.4 Å². The summed E-state index contributed by atoms with van der Waals surface area (Å²) in [6.45, 7) is 11.1. The van der Waals surface area contributed by atoms with Crippen LogP contribution in [0.1, 0.15) is 20.8 Å². The van der Waals surface area contributed by atoms with E-state index in [1.165, 1.54) is 0 Å². The molecular weight excluding hydrogens is 166 g/mol. The summed E-state index contributed by atoms with van der Waals surface area (Å²) in [5, 5.41) is 3.03. The molecule has 0 aliphatic carbocycles. The first-order valence-electron chi connectivity index (χ1n) is 4.43.